The Hall–Kier alpha value is -1.94. The van der Waals surface area contributed by atoms with Gasteiger partial charge in [0.15, 0.2) is 11.6 Å². The summed E-state index contributed by atoms with van der Waals surface area (Å²) in [5, 5.41) is 0. The predicted octanol–water partition coefficient (Wildman–Crippen LogP) is 3.41. The van der Waals surface area contributed by atoms with Crippen molar-refractivity contribution in [2.24, 2.45) is 5.73 Å². The third-order valence-corrected chi connectivity index (χ3v) is 2.87. The van der Waals surface area contributed by atoms with Gasteiger partial charge in [0.25, 0.3) is 0 Å². The zero-order valence-electron chi connectivity index (χ0n) is 10.6. The zero-order valence-corrected chi connectivity index (χ0v) is 10.6. The highest BCUT2D eigenvalue weighted by Gasteiger charge is 2.19. The lowest BCUT2D eigenvalue weighted by molar-refractivity contribution is 0.335. The SMILES string of the molecule is CCOc1ccccc1C(N)c1cccc(F)c1F. The molecule has 100 valence electrons. The topological polar surface area (TPSA) is 35.2 Å². The van der Waals surface area contributed by atoms with Crippen molar-refractivity contribution in [3.8, 4) is 5.75 Å². The van der Waals surface area contributed by atoms with Crippen molar-refractivity contribution in [1.82, 2.24) is 0 Å². The summed E-state index contributed by atoms with van der Waals surface area (Å²) < 4.78 is 32.5. The number of hydrogen-bond acceptors (Lipinski definition) is 2. The van der Waals surface area contributed by atoms with Crippen LogP contribution in [0.4, 0.5) is 8.78 Å². The lowest BCUT2D eigenvalue weighted by Crippen LogP contribution is -2.15. The summed E-state index contributed by atoms with van der Waals surface area (Å²) >= 11 is 0. The second kappa shape index (κ2) is 5.80. The van der Waals surface area contributed by atoms with Crippen molar-refractivity contribution in [2.45, 2.75) is 13.0 Å². The second-order valence-corrected chi connectivity index (χ2v) is 4.09. The van der Waals surface area contributed by atoms with Crippen LogP contribution in [-0.2, 0) is 0 Å². The third kappa shape index (κ3) is 2.74. The number of benzene rings is 2. The Balaban J connectivity index is 2.44. The molecule has 2 rings (SSSR count). The van der Waals surface area contributed by atoms with E-state index < -0.39 is 17.7 Å². The molecule has 2 N–H and O–H groups in total. The van der Waals surface area contributed by atoms with Gasteiger partial charge in [0.2, 0.25) is 0 Å². The van der Waals surface area contributed by atoms with Crippen LogP contribution in [0, 0.1) is 11.6 Å². The first-order valence-corrected chi connectivity index (χ1v) is 6.06. The molecule has 0 saturated carbocycles. The Morgan fingerprint density at radius 2 is 1.74 bits per heavy atom. The average molecular weight is 263 g/mol. The molecular weight excluding hydrogens is 248 g/mol. The van der Waals surface area contributed by atoms with Gasteiger partial charge in [-0.15, -0.1) is 0 Å². The van der Waals surface area contributed by atoms with Crippen LogP contribution in [0.2, 0.25) is 0 Å². The van der Waals surface area contributed by atoms with Crippen LogP contribution in [0.15, 0.2) is 42.5 Å². The van der Waals surface area contributed by atoms with Crippen molar-refractivity contribution in [3.63, 3.8) is 0 Å². The largest absolute Gasteiger partial charge is 0.494 e. The molecule has 0 heterocycles. The van der Waals surface area contributed by atoms with E-state index in [9.17, 15) is 8.78 Å². The molecule has 2 aromatic rings. The molecule has 0 radical (unpaired) electrons. The minimum atomic E-state index is -0.915. The quantitative estimate of drug-likeness (QED) is 0.917. The van der Waals surface area contributed by atoms with Gasteiger partial charge in [-0.05, 0) is 19.1 Å². The van der Waals surface area contributed by atoms with E-state index in [4.69, 9.17) is 10.5 Å². The molecule has 2 nitrogen and oxygen atoms in total. The minimum Gasteiger partial charge on any atom is -0.494 e. The van der Waals surface area contributed by atoms with Gasteiger partial charge in [0.05, 0.1) is 12.6 Å². The monoisotopic (exact) mass is 263 g/mol. The van der Waals surface area contributed by atoms with Gasteiger partial charge in [-0.3, -0.25) is 0 Å². The smallest absolute Gasteiger partial charge is 0.163 e. The first-order chi connectivity index (χ1) is 9.15. The Bertz CT molecular complexity index is 572. The summed E-state index contributed by atoms with van der Waals surface area (Å²) in [6.45, 7) is 2.33. The molecule has 4 heteroatoms. The van der Waals surface area contributed by atoms with Gasteiger partial charge >= 0.3 is 0 Å². The number of nitrogens with two attached hydrogens (primary N) is 1. The summed E-state index contributed by atoms with van der Waals surface area (Å²) in [4.78, 5) is 0. The van der Waals surface area contributed by atoms with Crippen LogP contribution in [0.1, 0.15) is 24.1 Å². The van der Waals surface area contributed by atoms with Crippen LogP contribution >= 0.6 is 0 Å². The lowest BCUT2D eigenvalue weighted by Gasteiger charge is -2.17. The summed E-state index contributed by atoms with van der Waals surface area (Å²) in [5.74, 6) is -1.23. The van der Waals surface area contributed by atoms with Crippen LogP contribution < -0.4 is 10.5 Å². The van der Waals surface area contributed by atoms with Crippen molar-refractivity contribution >= 4 is 0 Å². The molecule has 0 aliphatic carbocycles. The van der Waals surface area contributed by atoms with Crippen molar-refractivity contribution in [3.05, 3.63) is 65.2 Å². The summed E-state index contributed by atoms with van der Waals surface area (Å²) in [7, 11) is 0. The van der Waals surface area contributed by atoms with Crippen LogP contribution in [0.3, 0.4) is 0 Å². The van der Waals surface area contributed by atoms with Crippen LogP contribution in [-0.4, -0.2) is 6.61 Å². The van der Waals surface area contributed by atoms with Gasteiger partial charge in [-0.1, -0.05) is 30.3 Å². The highest BCUT2D eigenvalue weighted by molar-refractivity contribution is 5.41. The number of hydrogen-bond donors (Lipinski definition) is 1. The molecule has 19 heavy (non-hydrogen) atoms. The molecule has 0 fully saturated rings. The van der Waals surface area contributed by atoms with Gasteiger partial charge in [-0.25, -0.2) is 8.78 Å². The van der Waals surface area contributed by atoms with E-state index in [2.05, 4.69) is 0 Å². The van der Waals surface area contributed by atoms with E-state index >= 15 is 0 Å². The van der Waals surface area contributed by atoms with Gasteiger partial charge in [0.1, 0.15) is 5.75 Å². The fraction of sp³-hybridized carbons (Fsp3) is 0.200. The molecule has 0 spiro atoms. The molecule has 1 atom stereocenters. The van der Waals surface area contributed by atoms with E-state index in [0.717, 1.165) is 6.07 Å². The first kappa shape index (κ1) is 13.5. The third-order valence-electron chi connectivity index (χ3n) is 2.87. The molecule has 1 unspecified atom stereocenters. The minimum absolute atomic E-state index is 0.118. The maximum atomic E-state index is 13.8. The van der Waals surface area contributed by atoms with E-state index in [0.29, 0.717) is 17.9 Å². The van der Waals surface area contributed by atoms with E-state index in [1.165, 1.54) is 12.1 Å². The predicted molar refractivity (Wildman–Crippen MR) is 70.0 cm³/mol. The Morgan fingerprint density at radius 1 is 1.05 bits per heavy atom. The summed E-state index contributed by atoms with van der Waals surface area (Å²) in [6, 6.07) is 10.3. The standard InChI is InChI=1S/C15H15F2NO/c1-2-19-13-9-4-3-6-10(13)15(18)11-7-5-8-12(16)14(11)17/h3-9,15H,2,18H2,1H3. The Labute approximate surface area is 110 Å². The molecular formula is C15H15F2NO. The molecule has 0 aliphatic heterocycles. The molecule has 0 bridgehead atoms. The molecule has 0 aromatic heterocycles. The van der Waals surface area contributed by atoms with Gasteiger partial charge in [0, 0.05) is 11.1 Å². The molecule has 2 aromatic carbocycles. The fourth-order valence-corrected chi connectivity index (χ4v) is 1.95. The zero-order chi connectivity index (χ0) is 13.8. The van der Waals surface area contributed by atoms with Crippen LogP contribution in [0.25, 0.3) is 0 Å². The van der Waals surface area contributed by atoms with Crippen molar-refractivity contribution < 1.29 is 13.5 Å². The lowest BCUT2D eigenvalue weighted by atomic mass is 9.98. The number of rotatable bonds is 4. The van der Waals surface area contributed by atoms with E-state index in [1.54, 1.807) is 18.2 Å². The molecule has 0 saturated heterocycles. The fourth-order valence-electron chi connectivity index (χ4n) is 1.95. The maximum absolute atomic E-state index is 13.8. The first-order valence-electron chi connectivity index (χ1n) is 6.06. The van der Waals surface area contributed by atoms with Crippen molar-refractivity contribution in [2.75, 3.05) is 6.61 Å². The highest BCUT2D eigenvalue weighted by Crippen LogP contribution is 2.30. The van der Waals surface area contributed by atoms with Gasteiger partial charge < -0.3 is 10.5 Å². The molecule has 0 aliphatic rings. The maximum Gasteiger partial charge on any atom is 0.163 e. The number of halogens is 2. The summed E-state index contributed by atoms with van der Waals surface area (Å²) in [5.41, 5.74) is 6.78. The summed E-state index contributed by atoms with van der Waals surface area (Å²) in [6.07, 6.45) is 0. The van der Waals surface area contributed by atoms with Crippen molar-refractivity contribution in [1.29, 1.82) is 0 Å². The molecule has 0 amide bonds. The average Bonchev–Trinajstić information content (AvgIpc) is 2.42. The Morgan fingerprint density at radius 3 is 2.47 bits per heavy atom. The van der Waals surface area contributed by atoms with E-state index in [1.807, 2.05) is 13.0 Å². The normalized spacial score (nSPS) is 12.2. The number of para-hydroxylation sites is 1. The van der Waals surface area contributed by atoms with Gasteiger partial charge in [-0.2, -0.15) is 0 Å². The highest BCUT2D eigenvalue weighted by atomic mass is 19.2. The Kier molecular flexibility index (Phi) is 4.12. The van der Waals surface area contributed by atoms with Crippen LogP contribution in [0.5, 0.6) is 5.75 Å². The van der Waals surface area contributed by atoms with E-state index in [-0.39, 0.29) is 5.56 Å². The second-order valence-electron chi connectivity index (χ2n) is 4.09. The number of ether oxygens (including phenoxy) is 1.